The Morgan fingerprint density at radius 3 is 2.67 bits per heavy atom. The molecule has 0 unspecified atom stereocenters. The first-order valence-electron chi connectivity index (χ1n) is 2.68. The number of thiol groups is 1. The van der Waals surface area contributed by atoms with E-state index in [9.17, 15) is 4.79 Å². The van der Waals surface area contributed by atoms with E-state index in [0.717, 1.165) is 0 Å². The molecule has 9 heavy (non-hydrogen) atoms. The molecule has 0 aromatic heterocycles. The number of carbonyl (C=O) groups is 1. The fourth-order valence-electron chi connectivity index (χ4n) is 0.320. The van der Waals surface area contributed by atoms with Crippen LogP contribution < -0.4 is 34.9 Å². The van der Waals surface area contributed by atoms with Crippen molar-refractivity contribution in [3.63, 3.8) is 0 Å². The summed E-state index contributed by atoms with van der Waals surface area (Å²) in [4.78, 5) is 10.4. The molecule has 1 amide bonds. The van der Waals surface area contributed by atoms with Crippen LogP contribution in [0.5, 0.6) is 0 Å². The van der Waals surface area contributed by atoms with Crippen molar-refractivity contribution in [2.24, 2.45) is 0 Å². The average Bonchev–Trinajstić information content (AvgIpc) is 1.83. The molecule has 1 N–H and O–H groups in total. The number of nitrogens with one attached hydrogen (secondary N) is 1. The van der Waals surface area contributed by atoms with Crippen LogP contribution in [0, 0.1) is 0 Å². The predicted octanol–water partition coefficient (Wildman–Crippen LogP) is -2.44. The Morgan fingerprint density at radius 1 is 1.78 bits per heavy atom. The van der Waals surface area contributed by atoms with E-state index in [1.807, 2.05) is 6.92 Å². The molecule has 0 aliphatic rings. The number of rotatable bonds is 3. The van der Waals surface area contributed by atoms with Gasteiger partial charge in [0.2, 0.25) is 5.91 Å². The quantitative estimate of drug-likeness (QED) is 0.346. The summed E-state index contributed by atoms with van der Waals surface area (Å²) in [5, 5.41) is 2.67. The van der Waals surface area contributed by atoms with Crippen LogP contribution in [-0.4, -0.2) is 18.2 Å². The molecule has 0 saturated heterocycles. The molecule has 0 spiro atoms. The third kappa shape index (κ3) is 8.82. The van der Waals surface area contributed by atoms with Gasteiger partial charge < -0.3 is 6.74 Å². The summed E-state index contributed by atoms with van der Waals surface area (Å²) in [6.07, 6.45) is 0.563. The van der Waals surface area contributed by atoms with Gasteiger partial charge in [0.05, 0.1) is 0 Å². The van der Waals surface area contributed by atoms with Crippen molar-refractivity contribution in [2.75, 3.05) is 12.3 Å². The minimum absolute atomic E-state index is 0. The predicted molar refractivity (Wildman–Crippen MR) is 38.3 cm³/mol. The van der Waals surface area contributed by atoms with E-state index < -0.39 is 0 Å². The number of carbonyl (C=O) groups excluding carboxylic acids is 1. The van der Waals surface area contributed by atoms with E-state index in [4.69, 9.17) is 0 Å². The van der Waals surface area contributed by atoms with Gasteiger partial charge in [0.15, 0.2) is 0 Å². The first kappa shape index (κ1) is 12.5. The second-order valence-corrected chi connectivity index (χ2v) is 1.87. The van der Waals surface area contributed by atoms with E-state index in [0.29, 0.717) is 18.7 Å². The van der Waals surface area contributed by atoms with Crippen LogP contribution in [0.1, 0.15) is 14.8 Å². The van der Waals surface area contributed by atoms with Gasteiger partial charge >= 0.3 is 29.6 Å². The van der Waals surface area contributed by atoms with E-state index in [-0.39, 0.29) is 36.9 Å². The smallest absolute Gasteiger partial charge is 1.00 e. The van der Waals surface area contributed by atoms with Crippen LogP contribution >= 0.6 is 12.6 Å². The first-order chi connectivity index (χ1) is 3.81. The fourth-order valence-corrected chi connectivity index (χ4v) is 0.432. The zero-order chi connectivity index (χ0) is 6.41. The zero-order valence-corrected chi connectivity index (χ0v) is 8.87. The Kier molecular flexibility index (Phi) is 12.2. The Bertz CT molecular complexity index is 84.0. The van der Waals surface area contributed by atoms with Gasteiger partial charge in [-0.25, -0.2) is 0 Å². The largest absolute Gasteiger partial charge is 1.00 e. The molecule has 0 aromatic rings. The van der Waals surface area contributed by atoms with Crippen molar-refractivity contribution in [3.8, 4) is 0 Å². The molecule has 0 aliphatic heterocycles. The molecule has 0 radical (unpaired) electrons. The molecule has 0 aliphatic carbocycles. The van der Waals surface area contributed by atoms with Crippen molar-refractivity contribution < 1.29 is 35.8 Å². The van der Waals surface area contributed by atoms with Crippen molar-refractivity contribution >= 4 is 18.5 Å². The Labute approximate surface area is 85.0 Å². The van der Waals surface area contributed by atoms with Crippen LogP contribution in [0.3, 0.4) is 0 Å². The van der Waals surface area contributed by atoms with Crippen molar-refractivity contribution in [1.82, 2.24) is 5.32 Å². The van der Waals surface area contributed by atoms with Crippen LogP contribution in [0.4, 0.5) is 0 Å². The average molecular weight is 157 g/mol. The third-order valence-corrected chi connectivity index (χ3v) is 0.979. The normalized spacial score (nSPS) is 7.78. The summed E-state index contributed by atoms with van der Waals surface area (Å²) in [6.45, 7) is 2.50. The minimum Gasteiger partial charge on any atom is -1.00 e. The van der Waals surface area contributed by atoms with Gasteiger partial charge in [-0.2, -0.15) is 12.6 Å². The summed E-state index contributed by atoms with van der Waals surface area (Å²) < 4.78 is 0. The summed E-state index contributed by atoms with van der Waals surface area (Å²) in [7, 11) is 0. The second-order valence-electron chi connectivity index (χ2n) is 1.43. The van der Waals surface area contributed by atoms with E-state index in [1.54, 1.807) is 0 Å². The van der Waals surface area contributed by atoms with Crippen LogP contribution in [0.25, 0.3) is 0 Å². The Hall–Kier alpha value is 0.820. The first-order valence-corrected chi connectivity index (χ1v) is 3.32. The van der Waals surface area contributed by atoms with E-state index in [1.165, 1.54) is 0 Å². The van der Waals surface area contributed by atoms with Gasteiger partial charge in [-0.1, -0.05) is 6.92 Å². The Morgan fingerprint density at radius 2 is 2.33 bits per heavy atom. The number of amides is 1. The summed E-state index contributed by atoms with van der Waals surface area (Å²) >= 11 is 3.92. The molecule has 0 heterocycles. The molecular formula is C5H12NNaOS. The van der Waals surface area contributed by atoms with Gasteiger partial charge in [0.1, 0.15) is 0 Å². The molecule has 0 rings (SSSR count). The number of hydrogen-bond acceptors (Lipinski definition) is 2. The molecule has 0 aromatic carbocycles. The maximum atomic E-state index is 10.4. The Balaban J connectivity index is -0.000000245. The van der Waals surface area contributed by atoms with Crippen LogP contribution in [0.2, 0.25) is 0 Å². The summed E-state index contributed by atoms with van der Waals surface area (Å²) in [5.41, 5.74) is 0. The zero-order valence-electron chi connectivity index (χ0n) is 6.98. The van der Waals surface area contributed by atoms with Crippen LogP contribution in [0.15, 0.2) is 0 Å². The van der Waals surface area contributed by atoms with Crippen LogP contribution in [-0.2, 0) is 4.79 Å². The van der Waals surface area contributed by atoms with Gasteiger partial charge in [0, 0.05) is 18.7 Å². The van der Waals surface area contributed by atoms with E-state index in [2.05, 4.69) is 17.9 Å². The topological polar surface area (TPSA) is 29.1 Å². The minimum atomic E-state index is 0. The molecule has 2 nitrogen and oxygen atoms in total. The molecule has 0 atom stereocenters. The molecule has 4 heteroatoms. The number of hydrogen-bond donors (Lipinski definition) is 2. The van der Waals surface area contributed by atoms with Crippen molar-refractivity contribution in [1.29, 1.82) is 0 Å². The summed E-state index contributed by atoms with van der Waals surface area (Å²) in [6, 6.07) is 0. The third-order valence-electron chi connectivity index (χ3n) is 0.755. The van der Waals surface area contributed by atoms with Crippen molar-refractivity contribution in [3.05, 3.63) is 0 Å². The van der Waals surface area contributed by atoms with Gasteiger partial charge in [0.25, 0.3) is 0 Å². The monoisotopic (exact) mass is 157 g/mol. The molecule has 0 bridgehead atoms. The molecule has 0 saturated carbocycles. The maximum Gasteiger partial charge on any atom is 1.00 e. The second kappa shape index (κ2) is 8.82. The molecule has 50 valence electrons. The molecule has 0 fully saturated rings. The fraction of sp³-hybridized carbons (Fsp3) is 0.800. The van der Waals surface area contributed by atoms with Gasteiger partial charge in [-0.05, 0) is 0 Å². The maximum absolute atomic E-state index is 10.4. The van der Waals surface area contributed by atoms with Gasteiger partial charge in [-0.3, -0.25) is 4.79 Å². The SMILES string of the molecule is CCC(=O)NCCS.[H-].[Na+]. The summed E-state index contributed by atoms with van der Waals surface area (Å²) in [5.74, 6) is 0.810. The molecular weight excluding hydrogens is 145 g/mol. The van der Waals surface area contributed by atoms with Crippen molar-refractivity contribution in [2.45, 2.75) is 13.3 Å². The van der Waals surface area contributed by atoms with Gasteiger partial charge in [-0.15, -0.1) is 0 Å². The standard InChI is InChI=1S/C5H11NOS.Na.H/c1-2-5(7)6-3-4-8;;/h8H,2-4H2,1H3,(H,6,7);;/q;+1;-1. The van der Waals surface area contributed by atoms with E-state index >= 15 is 0 Å².